The first-order valence-corrected chi connectivity index (χ1v) is 10.2. The van der Waals surface area contributed by atoms with E-state index in [0.717, 1.165) is 17.0 Å². The molecule has 5 nitrogen and oxygen atoms in total. The Morgan fingerprint density at radius 2 is 1.93 bits per heavy atom. The van der Waals surface area contributed by atoms with Crippen molar-refractivity contribution in [2.45, 2.75) is 6.92 Å². The van der Waals surface area contributed by atoms with Crippen LogP contribution in [0.1, 0.15) is 12.7 Å². The fraction of sp³-hybridized carbons (Fsp3) is 0.0909. The first-order valence-electron chi connectivity index (χ1n) is 8.99. The monoisotopic (exact) mass is 424 g/mol. The molecule has 0 bridgehead atoms. The van der Waals surface area contributed by atoms with Crippen molar-refractivity contribution in [2.75, 3.05) is 6.61 Å². The Morgan fingerprint density at radius 3 is 2.69 bits per heavy atom. The molecular formula is C22H17ClN2O3S. The average molecular weight is 425 g/mol. The Hall–Kier alpha value is -2.96. The SMILES string of the molecule is CCOc1ccc(N=C2NC(=O)C(=Cc3ccc(-c4ccccc4Cl)o3)S2)cc1. The van der Waals surface area contributed by atoms with E-state index in [2.05, 4.69) is 10.3 Å². The van der Waals surface area contributed by atoms with E-state index in [-0.39, 0.29) is 5.91 Å². The number of aliphatic imine (C=N–C) groups is 1. The van der Waals surface area contributed by atoms with Crippen molar-refractivity contribution >= 4 is 46.2 Å². The van der Waals surface area contributed by atoms with E-state index in [1.54, 1.807) is 12.1 Å². The molecule has 2 aromatic carbocycles. The number of halogens is 1. The second-order valence-corrected chi connectivity index (χ2v) is 7.53. The molecule has 1 aliphatic heterocycles. The number of benzene rings is 2. The zero-order valence-electron chi connectivity index (χ0n) is 15.5. The van der Waals surface area contributed by atoms with Gasteiger partial charge in [-0.1, -0.05) is 23.7 Å². The van der Waals surface area contributed by atoms with E-state index in [0.29, 0.717) is 33.2 Å². The fourth-order valence-electron chi connectivity index (χ4n) is 2.75. The van der Waals surface area contributed by atoms with Crippen molar-refractivity contribution in [1.82, 2.24) is 5.32 Å². The molecule has 0 aliphatic carbocycles. The molecule has 3 aromatic rings. The zero-order valence-corrected chi connectivity index (χ0v) is 17.1. The summed E-state index contributed by atoms with van der Waals surface area (Å²) in [4.78, 5) is 17.3. The van der Waals surface area contributed by atoms with Crippen LogP contribution in [0.5, 0.6) is 5.75 Å². The van der Waals surface area contributed by atoms with Crippen molar-refractivity contribution in [3.05, 3.63) is 76.4 Å². The quantitative estimate of drug-likeness (QED) is 0.518. The average Bonchev–Trinajstić information content (AvgIpc) is 3.31. The summed E-state index contributed by atoms with van der Waals surface area (Å²) in [6.07, 6.45) is 1.70. The maximum atomic E-state index is 12.3. The normalized spacial score (nSPS) is 16.4. The number of rotatable bonds is 5. The van der Waals surface area contributed by atoms with Gasteiger partial charge in [-0.05, 0) is 67.2 Å². The second-order valence-electron chi connectivity index (χ2n) is 6.09. The molecule has 0 saturated carbocycles. The molecular weight excluding hydrogens is 408 g/mol. The Labute approximate surface area is 177 Å². The minimum atomic E-state index is -0.213. The van der Waals surface area contributed by atoms with Gasteiger partial charge in [0.2, 0.25) is 0 Å². The highest BCUT2D eigenvalue weighted by molar-refractivity contribution is 8.18. The number of carbonyl (C=O) groups excluding carboxylic acids is 1. The van der Waals surface area contributed by atoms with Gasteiger partial charge in [0.25, 0.3) is 5.91 Å². The van der Waals surface area contributed by atoms with Gasteiger partial charge in [-0.15, -0.1) is 0 Å². The van der Waals surface area contributed by atoms with Crippen LogP contribution in [0.3, 0.4) is 0 Å². The topological polar surface area (TPSA) is 63.8 Å². The molecule has 7 heteroatoms. The standard InChI is InChI=1S/C22H17ClN2O3S/c1-2-27-15-9-7-14(8-10-15)24-22-25-21(26)20(29-22)13-16-11-12-19(28-16)17-5-3-4-6-18(17)23/h3-13H,2H2,1H3,(H,24,25,26). The van der Waals surface area contributed by atoms with Crippen molar-refractivity contribution in [1.29, 1.82) is 0 Å². The summed E-state index contributed by atoms with van der Waals surface area (Å²) < 4.78 is 11.3. The van der Waals surface area contributed by atoms with Crippen molar-refractivity contribution in [3.63, 3.8) is 0 Å². The van der Waals surface area contributed by atoms with E-state index >= 15 is 0 Å². The van der Waals surface area contributed by atoms with E-state index in [1.165, 1.54) is 11.8 Å². The van der Waals surface area contributed by atoms with Crippen LogP contribution in [0.25, 0.3) is 17.4 Å². The fourth-order valence-corrected chi connectivity index (χ4v) is 3.80. The smallest absolute Gasteiger partial charge is 0.264 e. The lowest BCUT2D eigenvalue weighted by Crippen LogP contribution is -2.19. The summed E-state index contributed by atoms with van der Waals surface area (Å²) in [6.45, 7) is 2.54. The number of amidine groups is 1. The third-order valence-electron chi connectivity index (χ3n) is 4.07. The van der Waals surface area contributed by atoms with Crippen LogP contribution in [0.4, 0.5) is 5.69 Å². The summed E-state index contributed by atoms with van der Waals surface area (Å²) in [6, 6.07) is 18.5. The van der Waals surface area contributed by atoms with Crippen molar-refractivity contribution in [2.24, 2.45) is 4.99 Å². The number of amides is 1. The second kappa shape index (κ2) is 8.59. The van der Waals surface area contributed by atoms with Gasteiger partial charge in [0, 0.05) is 11.6 Å². The molecule has 1 amide bonds. The predicted molar refractivity (Wildman–Crippen MR) is 118 cm³/mol. The number of carbonyl (C=O) groups is 1. The summed E-state index contributed by atoms with van der Waals surface area (Å²) in [5, 5.41) is 3.90. The van der Waals surface area contributed by atoms with Crippen LogP contribution in [-0.4, -0.2) is 17.7 Å². The number of furan rings is 1. The molecule has 1 saturated heterocycles. The van der Waals surface area contributed by atoms with Crippen LogP contribution in [0.2, 0.25) is 5.02 Å². The van der Waals surface area contributed by atoms with Crippen molar-refractivity contribution < 1.29 is 13.9 Å². The molecule has 1 aliphatic rings. The molecule has 0 atom stereocenters. The highest BCUT2D eigenvalue weighted by atomic mass is 35.5. The van der Waals surface area contributed by atoms with Gasteiger partial charge >= 0.3 is 0 Å². The highest BCUT2D eigenvalue weighted by Crippen LogP contribution is 2.32. The first kappa shape index (κ1) is 19.4. The van der Waals surface area contributed by atoms with Crippen LogP contribution >= 0.6 is 23.4 Å². The molecule has 4 rings (SSSR count). The lowest BCUT2D eigenvalue weighted by atomic mass is 10.2. The molecule has 1 N–H and O–H groups in total. The van der Waals surface area contributed by atoms with Crippen LogP contribution < -0.4 is 10.1 Å². The Kier molecular flexibility index (Phi) is 5.74. The van der Waals surface area contributed by atoms with E-state index in [9.17, 15) is 4.79 Å². The van der Waals surface area contributed by atoms with Gasteiger partial charge in [0.05, 0.1) is 22.2 Å². The molecule has 1 fully saturated rings. The minimum Gasteiger partial charge on any atom is -0.494 e. The summed E-state index contributed by atoms with van der Waals surface area (Å²) in [5.41, 5.74) is 1.54. The van der Waals surface area contributed by atoms with E-state index < -0.39 is 0 Å². The maximum Gasteiger partial charge on any atom is 0.264 e. The Morgan fingerprint density at radius 1 is 1.14 bits per heavy atom. The number of nitrogens with one attached hydrogen (secondary N) is 1. The number of ether oxygens (including phenoxy) is 1. The van der Waals surface area contributed by atoms with Gasteiger partial charge in [0.15, 0.2) is 5.17 Å². The lowest BCUT2D eigenvalue weighted by Gasteiger charge is -2.02. The zero-order chi connectivity index (χ0) is 20.2. The lowest BCUT2D eigenvalue weighted by molar-refractivity contribution is -0.115. The van der Waals surface area contributed by atoms with Crippen LogP contribution in [0, 0.1) is 0 Å². The molecule has 0 radical (unpaired) electrons. The predicted octanol–water partition coefficient (Wildman–Crippen LogP) is 5.89. The van der Waals surface area contributed by atoms with E-state index in [4.69, 9.17) is 20.8 Å². The molecule has 1 aromatic heterocycles. The van der Waals surface area contributed by atoms with Gasteiger partial charge in [-0.2, -0.15) is 0 Å². The molecule has 2 heterocycles. The van der Waals surface area contributed by atoms with Gasteiger partial charge in [0.1, 0.15) is 17.3 Å². The third-order valence-corrected chi connectivity index (χ3v) is 5.31. The number of thioether (sulfide) groups is 1. The van der Waals surface area contributed by atoms with Gasteiger partial charge in [-0.3, -0.25) is 4.79 Å². The molecule has 0 unspecified atom stereocenters. The maximum absolute atomic E-state index is 12.3. The van der Waals surface area contributed by atoms with Gasteiger partial charge in [-0.25, -0.2) is 4.99 Å². The molecule has 29 heavy (non-hydrogen) atoms. The third kappa shape index (κ3) is 4.55. The largest absolute Gasteiger partial charge is 0.494 e. The summed E-state index contributed by atoms with van der Waals surface area (Å²) >= 11 is 7.48. The minimum absolute atomic E-state index is 0.213. The first-order chi connectivity index (χ1) is 14.1. The number of hydrogen-bond acceptors (Lipinski definition) is 5. The number of hydrogen-bond donors (Lipinski definition) is 1. The number of nitrogens with zero attached hydrogens (tertiary/aromatic N) is 1. The summed E-state index contributed by atoms with van der Waals surface area (Å²) in [7, 11) is 0. The Balaban J connectivity index is 1.51. The van der Waals surface area contributed by atoms with Crippen LogP contribution in [0.15, 0.2) is 75.0 Å². The van der Waals surface area contributed by atoms with Crippen LogP contribution in [-0.2, 0) is 4.79 Å². The van der Waals surface area contributed by atoms with E-state index in [1.807, 2.05) is 61.5 Å². The molecule has 146 valence electrons. The molecule has 0 spiro atoms. The van der Waals surface area contributed by atoms with Gasteiger partial charge < -0.3 is 14.5 Å². The highest BCUT2D eigenvalue weighted by Gasteiger charge is 2.24. The Bertz CT molecular complexity index is 1100. The summed E-state index contributed by atoms with van der Waals surface area (Å²) in [5.74, 6) is 1.79. The van der Waals surface area contributed by atoms with Crippen molar-refractivity contribution in [3.8, 4) is 17.1 Å².